The van der Waals surface area contributed by atoms with Gasteiger partial charge in [0.15, 0.2) is 0 Å². The Morgan fingerprint density at radius 1 is 0.920 bits per heavy atom. The number of carbonyl (C=O) groups excluding carboxylic acids is 2. The lowest BCUT2D eigenvalue weighted by Crippen LogP contribution is -2.30. The zero-order chi connectivity index (χ0) is 17.0. The van der Waals surface area contributed by atoms with Crippen LogP contribution in [0.4, 0.5) is 5.82 Å². The average molecular weight is 328 g/mol. The number of pyridine rings is 1. The first kappa shape index (κ1) is 13.7. The number of H-pyrrole nitrogens is 2. The van der Waals surface area contributed by atoms with E-state index in [1.54, 1.807) is 12.3 Å². The number of nitrogens with one attached hydrogen (secondary N) is 2. The van der Waals surface area contributed by atoms with Crippen LogP contribution in [0.3, 0.4) is 0 Å². The second-order valence-electron chi connectivity index (χ2n) is 5.90. The first-order chi connectivity index (χ1) is 12.2. The van der Waals surface area contributed by atoms with Crippen molar-refractivity contribution in [3.63, 3.8) is 0 Å². The number of hydrogen-bond acceptors (Lipinski definition) is 3. The van der Waals surface area contributed by atoms with Gasteiger partial charge in [0.05, 0.1) is 11.3 Å². The maximum atomic E-state index is 12.8. The molecular weight excluding hydrogens is 316 g/mol. The molecule has 5 rings (SSSR count). The second kappa shape index (κ2) is 4.91. The molecule has 0 spiro atoms. The topological polar surface area (TPSA) is 81.8 Å². The van der Waals surface area contributed by atoms with E-state index in [4.69, 9.17) is 0 Å². The minimum Gasteiger partial charge on any atom is -0.341 e. The number of para-hydroxylation sites is 1. The van der Waals surface area contributed by atoms with Gasteiger partial charge in [-0.2, -0.15) is 0 Å². The van der Waals surface area contributed by atoms with E-state index < -0.39 is 0 Å². The molecule has 0 bridgehead atoms. The van der Waals surface area contributed by atoms with E-state index in [9.17, 15) is 9.59 Å². The maximum absolute atomic E-state index is 12.8. The Balaban J connectivity index is 1.57. The molecule has 2 N–H and O–H groups in total. The van der Waals surface area contributed by atoms with Gasteiger partial charge in [-0.25, -0.2) is 9.88 Å². The van der Waals surface area contributed by atoms with Gasteiger partial charge in [0, 0.05) is 28.6 Å². The van der Waals surface area contributed by atoms with Crippen LogP contribution in [0, 0.1) is 0 Å². The highest BCUT2D eigenvalue weighted by molar-refractivity contribution is 6.43. The first-order valence-corrected chi connectivity index (χ1v) is 7.83. The van der Waals surface area contributed by atoms with Gasteiger partial charge >= 0.3 is 0 Å². The third kappa shape index (κ3) is 2.01. The average Bonchev–Trinajstić information content (AvgIpc) is 3.29. The van der Waals surface area contributed by atoms with Gasteiger partial charge in [0.2, 0.25) is 0 Å². The summed E-state index contributed by atoms with van der Waals surface area (Å²) in [5.41, 5.74) is 2.48. The molecule has 25 heavy (non-hydrogen) atoms. The highest BCUT2D eigenvalue weighted by atomic mass is 16.2. The van der Waals surface area contributed by atoms with Crippen LogP contribution in [0.25, 0.3) is 27.5 Å². The van der Waals surface area contributed by atoms with Gasteiger partial charge in [-0.15, -0.1) is 0 Å². The summed E-state index contributed by atoms with van der Waals surface area (Å²) in [4.78, 5) is 36.9. The molecule has 4 heterocycles. The number of rotatable bonds is 2. The molecule has 1 aliphatic rings. The molecule has 6 heteroatoms. The lowest BCUT2D eigenvalue weighted by atomic mass is 10.2. The summed E-state index contributed by atoms with van der Waals surface area (Å²) in [6.07, 6.45) is 3.04. The Kier molecular flexibility index (Phi) is 2.70. The zero-order valence-corrected chi connectivity index (χ0v) is 13.0. The summed E-state index contributed by atoms with van der Waals surface area (Å²) in [5.74, 6) is -0.252. The van der Waals surface area contributed by atoms with Crippen molar-refractivity contribution >= 4 is 45.1 Å². The smallest absolute Gasteiger partial charge is 0.268 e. The van der Waals surface area contributed by atoms with Crippen LogP contribution < -0.4 is 4.90 Å². The van der Waals surface area contributed by atoms with Crippen molar-refractivity contribution in [1.82, 2.24) is 15.0 Å². The molecule has 2 amide bonds. The molecule has 0 aliphatic carbocycles. The molecule has 1 aliphatic heterocycles. The van der Waals surface area contributed by atoms with Crippen LogP contribution in [-0.2, 0) is 9.59 Å². The van der Waals surface area contributed by atoms with Crippen molar-refractivity contribution in [2.75, 3.05) is 4.90 Å². The third-order valence-corrected chi connectivity index (χ3v) is 4.36. The second-order valence-corrected chi connectivity index (χ2v) is 5.90. The van der Waals surface area contributed by atoms with Crippen LogP contribution in [0.15, 0.2) is 60.8 Å². The monoisotopic (exact) mass is 328 g/mol. The Hall–Kier alpha value is -3.67. The Morgan fingerprint density at radius 3 is 2.60 bits per heavy atom. The molecule has 4 aromatic rings. The summed E-state index contributed by atoms with van der Waals surface area (Å²) in [5, 5.41) is 1.84. The summed E-state index contributed by atoms with van der Waals surface area (Å²) in [6, 6.07) is 15.0. The van der Waals surface area contributed by atoms with Gasteiger partial charge in [-0.05, 0) is 30.3 Å². The predicted molar refractivity (Wildman–Crippen MR) is 94.9 cm³/mol. The first-order valence-electron chi connectivity index (χ1n) is 7.83. The number of nitrogens with zero attached hydrogens (tertiary/aromatic N) is 2. The number of amides is 2. The van der Waals surface area contributed by atoms with Crippen LogP contribution in [0.2, 0.25) is 0 Å². The van der Waals surface area contributed by atoms with Crippen molar-refractivity contribution in [2.45, 2.75) is 0 Å². The number of aromatic nitrogens is 3. The molecule has 0 saturated carbocycles. The van der Waals surface area contributed by atoms with Gasteiger partial charge < -0.3 is 9.97 Å². The van der Waals surface area contributed by atoms with Gasteiger partial charge in [0.25, 0.3) is 11.8 Å². The van der Waals surface area contributed by atoms with E-state index in [1.807, 2.05) is 42.5 Å². The van der Waals surface area contributed by atoms with Crippen molar-refractivity contribution in [1.29, 1.82) is 0 Å². The van der Waals surface area contributed by atoms with Crippen LogP contribution in [0.5, 0.6) is 0 Å². The highest BCUT2D eigenvalue weighted by Crippen LogP contribution is 2.30. The number of carbonyl (C=O) groups is 2. The SMILES string of the molecule is O=C1C=C(c2cc3cccnc3[nH]2)C(=O)N1c1cc2ccccc2[nH]1. The van der Waals surface area contributed by atoms with E-state index in [2.05, 4.69) is 15.0 Å². The Labute approximate surface area is 141 Å². The summed E-state index contributed by atoms with van der Waals surface area (Å²) in [7, 11) is 0. The minimum atomic E-state index is -0.363. The molecule has 1 aromatic carbocycles. The standard InChI is InChI=1S/C19H12N4O2/c24-17-10-13(15-8-12-5-3-7-20-18(12)22-15)19(25)23(17)16-9-11-4-1-2-6-14(11)21-16/h1-10,21H,(H,20,22). The normalized spacial score (nSPS) is 14.7. The van der Waals surface area contributed by atoms with E-state index in [-0.39, 0.29) is 11.8 Å². The fraction of sp³-hybridized carbons (Fsp3) is 0. The molecule has 0 atom stereocenters. The summed E-state index contributed by atoms with van der Waals surface area (Å²) >= 11 is 0. The lowest BCUT2D eigenvalue weighted by molar-refractivity contribution is -0.119. The number of anilines is 1. The Morgan fingerprint density at radius 2 is 1.76 bits per heavy atom. The Bertz CT molecular complexity index is 1130. The third-order valence-electron chi connectivity index (χ3n) is 4.36. The lowest BCUT2D eigenvalue weighted by Gasteiger charge is -2.11. The molecule has 6 nitrogen and oxygen atoms in total. The van der Waals surface area contributed by atoms with Crippen molar-refractivity contribution < 1.29 is 9.59 Å². The van der Waals surface area contributed by atoms with E-state index in [0.717, 1.165) is 21.2 Å². The van der Waals surface area contributed by atoms with Gasteiger partial charge in [-0.3, -0.25) is 9.59 Å². The number of imide groups is 1. The molecule has 0 unspecified atom stereocenters. The highest BCUT2D eigenvalue weighted by Gasteiger charge is 2.34. The summed E-state index contributed by atoms with van der Waals surface area (Å²) < 4.78 is 0. The largest absolute Gasteiger partial charge is 0.341 e. The molecule has 0 radical (unpaired) electrons. The van der Waals surface area contributed by atoms with Gasteiger partial charge in [0.1, 0.15) is 11.5 Å². The molecule has 3 aromatic heterocycles. The predicted octanol–water partition coefficient (Wildman–Crippen LogP) is 3.00. The number of hydrogen-bond donors (Lipinski definition) is 2. The van der Waals surface area contributed by atoms with Crippen molar-refractivity contribution in [3.05, 3.63) is 66.5 Å². The maximum Gasteiger partial charge on any atom is 0.268 e. The van der Waals surface area contributed by atoms with Crippen LogP contribution in [0.1, 0.15) is 5.69 Å². The van der Waals surface area contributed by atoms with Crippen LogP contribution in [-0.4, -0.2) is 26.8 Å². The summed E-state index contributed by atoms with van der Waals surface area (Å²) in [6.45, 7) is 0. The molecular formula is C19H12N4O2. The fourth-order valence-electron chi connectivity index (χ4n) is 3.17. The van der Waals surface area contributed by atoms with Gasteiger partial charge in [-0.1, -0.05) is 18.2 Å². The molecule has 0 fully saturated rings. The molecule has 0 saturated heterocycles. The number of benzene rings is 1. The number of fused-ring (bicyclic) bond motifs is 2. The quantitative estimate of drug-likeness (QED) is 0.555. The van der Waals surface area contributed by atoms with E-state index in [0.29, 0.717) is 22.7 Å². The number of aromatic amines is 2. The van der Waals surface area contributed by atoms with E-state index >= 15 is 0 Å². The zero-order valence-electron chi connectivity index (χ0n) is 13.0. The fourth-order valence-corrected chi connectivity index (χ4v) is 3.17. The van der Waals surface area contributed by atoms with E-state index in [1.165, 1.54) is 6.08 Å². The van der Waals surface area contributed by atoms with Crippen molar-refractivity contribution in [2.24, 2.45) is 0 Å². The minimum absolute atomic E-state index is 0.335. The van der Waals surface area contributed by atoms with Crippen molar-refractivity contribution in [3.8, 4) is 0 Å². The molecule has 120 valence electrons. The van der Waals surface area contributed by atoms with Crippen LogP contribution >= 0.6 is 0 Å².